The minimum atomic E-state index is -0.554. The average molecular weight is 291 g/mol. The van der Waals surface area contributed by atoms with Crippen LogP contribution in [0.5, 0.6) is 0 Å². The fourth-order valence-corrected chi connectivity index (χ4v) is 2.25. The zero-order chi connectivity index (χ0) is 14.8. The van der Waals surface area contributed by atoms with Gasteiger partial charge in [0.2, 0.25) is 0 Å². The third kappa shape index (κ3) is 3.09. The maximum Gasteiger partial charge on any atom is 0.269 e. The monoisotopic (exact) mass is 291 g/mol. The molecule has 6 heteroatoms. The van der Waals surface area contributed by atoms with Crippen molar-refractivity contribution >= 4 is 5.69 Å². The number of nitrogens with zero attached hydrogens (tertiary/aromatic N) is 2. The molecule has 1 aromatic heterocycles. The van der Waals surface area contributed by atoms with E-state index in [1.165, 1.54) is 18.7 Å². The molecule has 0 atom stereocenters. The van der Waals surface area contributed by atoms with Crippen LogP contribution in [0, 0.1) is 11.6 Å². The van der Waals surface area contributed by atoms with E-state index < -0.39 is 11.6 Å². The number of anilines is 1. The molecule has 0 bridgehead atoms. The molecule has 0 amide bonds. The van der Waals surface area contributed by atoms with E-state index in [4.69, 9.17) is 0 Å². The highest BCUT2D eigenvalue weighted by Crippen LogP contribution is 2.22. The summed E-state index contributed by atoms with van der Waals surface area (Å²) in [7, 11) is 0. The summed E-state index contributed by atoms with van der Waals surface area (Å²) in [6, 6.07) is 5.00. The normalized spacial score (nSPS) is 14.8. The first-order chi connectivity index (χ1) is 10.1. The summed E-state index contributed by atoms with van der Waals surface area (Å²) in [5.41, 5.74) is 0.424. The largest absolute Gasteiger partial charge is 0.381 e. The van der Waals surface area contributed by atoms with Crippen molar-refractivity contribution in [3.05, 3.63) is 58.0 Å². The summed E-state index contributed by atoms with van der Waals surface area (Å²) in [6.45, 7) is -0.0911. The molecular formula is C15H15F2N3O. The highest BCUT2D eigenvalue weighted by atomic mass is 19.1. The Morgan fingerprint density at radius 3 is 2.76 bits per heavy atom. The number of aromatic nitrogens is 2. The number of hydrogen-bond donors (Lipinski definition) is 1. The number of hydrogen-bond acceptors (Lipinski definition) is 3. The van der Waals surface area contributed by atoms with Crippen molar-refractivity contribution in [2.45, 2.75) is 31.8 Å². The Balaban J connectivity index is 1.79. The lowest BCUT2D eigenvalue weighted by Crippen LogP contribution is -2.29. The fourth-order valence-electron chi connectivity index (χ4n) is 2.25. The van der Waals surface area contributed by atoms with Gasteiger partial charge in [-0.15, -0.1) is 0 Å². The van der Waals surface area contributed by atoms with E-state index in [-0.39, 0.29) is 17.7 Å². The lowest BCUT2D eigenvalue weighted by Gasteiger charge is -2.27. The Bertz CT molecular complexity index is 710. The van der Waals surface area contributed by atoms with Gasteiger partial charge in [-0.1, -0.05) is 0 Å². The van der Waals surface area contributed by atoms with Crippen LogP contribution in [0.15, 0.2) is 35.3 Å². The topological polar surface area (TPSA) is 46.9 Å². The third-order valence-corrected chi connectivity index (χ3v) is 3.67. The maximum absolute atomic E-state index is 13.6. The van der Waals surface area contributed by atoms with Gasteiger partial charge in [0.25, 0.3) is 5.56 Å². The molecule has 1 aromatic carbocycles. The standard InChI is InChI=1S/C15H15F2N3O/c16-11-4-5-14(17)10(6-11)9-20-15(21)7-13(8-18-20)19-12-2-1-3-12/h4-8,12,19H,1-3,9H2. The van der Waals surface area contributed by atoms with Gasteiger partial charge < -0.3 is 5.32 Å². The molecule has 21 heavy (non-hydrogen) atoms. The third-order valence-electron chi connectivity index (χ3n) is 3.67. The molecule has 2 aromatic rings. The molecule has 0 spiro atoms. The van der Waals surface area contributed by atoms with Crippen LogP contribution in [0.25, 0.3) is 0 Å². The van der Waals surface area contributed by atoms with Crippen LogP contribution in [0.1, 0.15) is 24.8 Å². The van der Waals surface area contributed by atoms with Gasteiger partial charge in [-0.05, 0) is 37.5 Å². The second kappa shape index (κ2) is 5.63. The Morgan fingerprint density at radius 2 is 2.10 bits per heavy atom. The smallest absolute Gasteiger partial charge is 0.269 e. The van der Waals surface area contributed by atoms with E-state index in [1.807, 2.05) is 0 Å². The number of rotatable bonds is 4. The molecule has 0 saturated heterocycles. The molecule has 1 aliphatic rings. The van der Waals surface area contributed by atoms with E-state index in [0.717, 1.165) is 35.7 Å². The van der Waals surface area contributed by atoms with Crippen LogP contribution in [0.3, 0.4) is 0 Å². The molecule has 1 aliphatic carbocycles. The van der Waals surface area contributed by atoms with Crippen LogP contribution in [0.4, 0.5) is 14.5 Å². The summed E-state index contributed by atoms with van der Waals surface area (Å²) >= 11 is 0. The molecular weight excluding hydrogens is 276 g/mol. The van der Waals surface area contributed by atoms with Gasteiger partial charge in [0, 0.05) is 17.7 Å². The maximum atomic E-state index is 13.6. The summed E-state index contributed by atoms with van der Waals surface area (Å²) in [4.78, 5) is 12.0. The summed E-state index contributed by atoms with van der Waals surface area (Å²) in [6.07, 6.45) is 4.92. The number of benzene rings is 1. The minimum absolute atomic E-state index is 0.0911. The van der Waals surface area contributed by atoms with Gasteiger partial charge in [-0.25, -0.2) is 13.5 Å². The lowest BCUT2D eigenvalue weighted by atomic mass is 9.93. The lowest BCUT2D eigenvalue weighted by molar-refractivity contribution is 0.445. The van der Waals surface area contributed by atoms with Crippen LogP contribution < -0.4 is 10.9 Å². The Labute approximate surface area is 120 Å². The minimum Gasteiger partial charge on any atom is -0.381 e. The van der Waals surface area contributed by atoms with Crippen molar-refractivity contribution < 1.29 is 8.78 Å². The molecule has 0 radical (unpaired) electrons. The van der Waals surface area contributed by atoms with E-state index in [2.05, 4.69) is 10.4 Å². The molecule has 110 valence electrons. The first-order valence-electron chi connectivity index (χ1n) is 6.89. The van der Waals surface area contributed by atoms with Crippen molar-refractivity contribution in [2.75, 3.05) is 5.32 Å². The van der Waals surface area contributed by atoms with Gasteiger partial charge in [-0.3, -0.25) is 4.79 Å². The SMILES string of the molecule is O=c1cc(NC2CCC2)cnn1Cc1cc(F)ccc1F. The first-order valence-corrected chi connectivity index (χ1v) is 6.89. The number of halogens is 2. The van der Waals surface area contributed by atoms with E-state index in [9.17, 15) is 13.6 Å². The van der Waals surface area contributed by atoms with Gasteiger partial charge in [0.15, 0.2) is 0 Å². The Morgan fingerprint density at radius 1 is 1.29 bits per heavy atom. The van der Waals surface area contributed by atoms with Gasteiger partial charge in [0.05, 0.1) is 18.4 Å². The zero-order valence-electron chi connectivity index (χ0n) is 11.4. The summed E-state index contributed by atoms with van der Waals surface area (Å²) < 4.78 is 27.8. The van der Waals surface area contributed by atoms with Gasteiger partial charge >= 0.3 is 0 Å². The molecule has 0 aliphatic heterocycles. The highest BCUT2D eigenvalue weighted by molar-refractivity contribution is 5.40. The van der Waals surface area contributed by atoms with Crippen molar-refractivity contribution in [2.24, 2.45) is 0 Å². The summed E-state index contributed by atoms with van der Waals surface area (Å²) in [5.74, 6) is -1.09. The quantitative estimate of drug-likeness (QED) is 0.941. The van der Waals surface area contributed by atoms with E-state index in [0.29, 0.717) is 11.7 Å². The van der Waals surface area contributed by atoms with Crippen LogP contribution in [-0.4, -0.2) is 15.8 Å². The molecule has 3 rings (SSSR count). The molecule has 1 saturated carbocycles. The van der Waals surface area contributed by atoms with Gasteiger partial charge in [-0.2, -0.15) is 5.10 Å². The zero-order valence-corrected chi connectivity index (χ0v) is 11.4. The second-order valence-corrected chi connectivity index (χ2v) is 5.25. The van der Waals surface area contributed by atoms with Crippen LogP contribution in [0.2, 0.25) is 0 Å². The Kier molecular flexibility index (Phi) is 3.68. The first kappa shape index (κ1) is 13.7. The molecule has 0 unspecified atom stereocenters. The molecule has 1 fully saturated rings. The van der Waals surface area contributed by atoms with Crippen molar-refractivity contribution in [1.29, 1.82) is 0 Å². The average Bonchev–Trinajstić information content (AvgIpc) is 2.41. The predicted octanol–water partition coefficient (Wildman–Crippen LogP) is 2.53. The molecule has 1 heterocycles. The van der Waals surface area contributed by atoms with Crippen LogP contribution in [-0.2, 0) is 6.54 Å². The number of nitrogens with one attached hydrogen (secondary N) is 1. The second-order valence-electron chi connectivity index (χ2n) is 5.25. The van der Waals surface area contributed by atoms with E-state index in [1.54, 1.807) is 0 Å². The fraction of sp³-hybridized carbons (Fsp3) is 0.333. The van der Waals surface area contributed by atoms with Gasteiger partial charge in [0.1, 0.15) is 11.6 Å². The Hall–Kier alpha value is -2.24. The predicted molar refractivity (Wildman–Crippen MR) is 75.2 cm³/mol. The van der Waals surface area contributed by atoms with E-state index >= 15 is 0 Å². The van der Waals surface area contributed by atoms with Crippen molar-refractivity contribution in [1.82, 2.24) is 9.78 Å². The van der Waals surface area contributed by atoms with Crippen molar-refractivity contribution in [3.63, 3.8) is 0 Å². The molecule has 4 nitrogen and oxygen atoms in total. The highest BCUT2D eigenvalue weighted by Gasteiger charge is 2.17. The summed E-state index contributed by atoms with van der Waals surface area (Å²) in [5, 5.41) is 7.23. The van der Waals surface area contributed by atoms with Crippen molar-refractivity contribution in [3.8, 4) is 0 Å². The molecule has 1 N–H and O–H groups in total. The van der Waals surface area contributed by atoms with Crippen LogP contribution >= 0.6 is 0 Å².